The Kier molecular flexibility index (Phi) is 44.6. The van der Waals surface area contributed by atoms with Gasteiger partial charge in [-0.3, -0.25) is 0 Å². The lowest BCUT2D eigenvalue weighted by Gasteiger charge is -2.07. The van der Waals surface area contributed by atoms with Crippen LogP contribution in [0.15, 0.2) is 0 Å². The molecule has 0 heterocycles. The van der Waals surface area contributed by atoms with Crippen LogP contribution in [0.25, 0.3) is 0 Å². The van der Waals surface area contributed by atoms with Gasteiger partial charge in [0, 0.05) is 0 Å². The van der Waals surface area contributed by atoms with Crippen molar-refractivity contribution in [2.24, 2.45) is 11.8 Å². The van der Waals surface area contributed by atoms with Crippen LogP contribution in [0.3, 0.4) is 0 Å². The Morgan fingerprint density at radius 1 is 0.667 bits per heavy atom. The van der Waals surface area contributed by atoms with Crippen molar-refractivity contribution in [3.63, 3.8) is 0 Å². The van der Waals surface area contributed by atoms with Crippen LogP contribution in [0, 0.1) is 11.8 Å². The average molecular weight is 261 g/mol. The first-order valence-electron chi connectivity index (χ1n) is 8.58. The van der Waals surface area contributed by atoms with Gasteiger partial charge in [-0.15, -0.1) is 0 Å². The molecule has 18 heavy (non-hydrogen) atoms. The highest BCUT2D eigenvalue weighted by atomic mass is 14.0. The average Bonchev–Trinajstić information content (AvgIpc) is 2.42. The van der Waals surface area contributed by atoms with Crippen molar-refractivity contribution in [2.75, 3.05) is 0 Å². The SMILES string of the molecule is CC.CC.CCC(C)C.CCCCC(C)CCC. The van der Waals surface area contributed by atoms with Gasteiger partial charge in [-0.25, -0.2) is 0 Å². The van der Waals surface area contributed by atoms with E-state index >= 15 is 0 Å². The Labute approximate surface area is 120 Å². The summed E-state index contributed by atoms with van der Waals surface area (Å²) in [4.78, 5) is 0. The van der Waals surface area contributed by atoms with Crippen LogP contribution in [0.5, 0.6) is 0 Å². The van der Waals surface area contributed by atoms with E-state index in [1.54, 1.807) is 0 Å². The molecule has 0 saturated carbocycles. The van der Waals surface area contributed by atoms with E-state index in [0.29, 0.717) is 0 Å². The van der Waals surface area contributed by atoms with Crippen molar-refractivity contribution >= 4 is 0 Å². The monoisotopic (exact) mass is 260 g/mol. The zero-order valence-corrected chi connectivity index (χ0v) is 15.4. The minimum atomic E-state index is 0.884. The Bertz CT molecular complexity index is 84.0. The summed E-state index contributed by atoms with van der Waals surface area (Å²) in [6.45, 7) is 21.5. The molecule has 0 rings (SSSR count). The molecule has 0 aromatic rings. The maximum Gasteiger partial charge on any atom is -0.0443 e. The summed E-state index contributed by atoms with van der Waals surface area (Å²) in [5.41, 5.74) is 0. The van der Waals surface area contributed by atoms with Crippen molar-refractivity contribution < 1.29 is 0 Å². The molecule has 1 atom stereocenters. The summed E-state index contributed by atoms with van der Waals surface area (Å²) < 4.78 is 0. The zero-order chi connectivity index (χ0) is 15.4. The fourth-order valence-corrected chi connectivity index (χ4v) is 1.19. The standard InChI is InChI=1S/C9H20.C5H12.2C2H6/c1-4-6-8-9(3)7-5-2;1-4-5(2)3;2*1-2/h9H,4-8H2,1-3H3;5H,4H2,1-3H3;2*1-2H3. The zero-order valence-electron chi connectivity index (χ0n) is 15.4. The van der Waals surface area contributed by atoms with E-state index in [-0.39, 0.29) is 0 Å². The molecule has 116 valence electrons. The predicted molar refractivity (Wildman–Crippen MR) is 91.4 cm³/mol. The van der Waals surface area contributed by atoms with Crippen LogP contribution in [0.4, 0.5) is 0 Å². The Hall–Kier alpha value is 0. The lowest BCUT2D eigenvalue weighted by molar-refractivity contribution is 0.466. The summed E-state index contributed by atoms with van der Waals surface area (Å²) in [5, 5.41) is 0. The molecule has 0 aliphatic rings. The Balaban J connectivity index is -0.0000000925. The van der Waals surface area contributed by atoms with E-state index in [2.05, 4.69) is 41.5 Å². The largest absolute Gasteiger partial charge is 0.0683 e. The minimum Gasteiger partial charge on any atom is -0.0683 e. The fourth-order valence-electron chi connectivity index (χ4n) is 1.19. The number of unbranched alkanes of at least 4 members (excludes halogenated alkanes) is 1. The highest BCUT2D eigenvalue weighted by molar-refractivity contribution is 4.50. The van der Waals surface area contributed by atoms with Gasteiger partial charge in [0.2, 0.25) is 0 Å². The maximum atomic E-state index is 2.36. The van der Waals surface area contributed by atoms with E-state index in [1.165, 1.54) is 38.5 Å². The summed E-state index contributed by atoms with van der Waals surface area (Å²) >= 11 is 0. The summed E-state index contributed by atoms with van der Waals surface area (Å²) in [7, 11) is 0. The number of hydrogen-bond donors (Lipinski definition) is 0. The third kappa shape index (κ3) is 44.4. The molecular formula is C18H44. The second kappa shape index (κ2) is 30.2. The summed E-state index contributed by atoms with van der Waals surface area (Å²) in [6.07, 6.45) is 8.28. The molecule has 0 aliphatic heterocycles. The second-order valence-corrected chi connectivity index (χ2v) is 4.84. The van der Waals surface area contributed by atoms with E-state index in [9.17, 15) is 0 Å². The summed E-state index contributed by atoms with van der Waals surface area (Å²) in [5.74, 6) is 1.85. The van der Waals surface area contributed by atoms with E-state index in [0.717, 1.165) is 11.8 Å². The van der Waals surface area contributed by atoms with Crippen LogP contribution in [0.1, 0.15) is 108 Å². The van der Waals surface area contributed by atoms with Gasteiger partial charge in [-0.05, 0) is 11.8 Å². The van der Waals surface area contributed by atoms with Gasteiger partial charge >= 0.3 is 0 Å². The molecule has 0 spiro atoms. The van der Waals surface area contributed by atoms with Gasteiger partial charge in [-0.2, -0.15) is 0 Å². The van der Waals surface area contributed by atoms with Gasteiger partial charge in [0.15, 0.2) is 0 Å². The molecule has 0 N–H and O–H groups in total. The highest BCUT2D eigenvalue weighted by Gasteiger charge is 1.97. The van der Waals surface area contributed by atoms with Crippen molar-refractivity contribution in [2.45, 2.75) is 108 Å². The Morgan fingerprint density at radius 2 is 1.06 bits per heavy atom. The smallest absolute Gasteiger partial charge is 0.0443 e. The third-order valence-electron chi connectivity index (χ3n) is 2.65. The second-order valence-electron chi connectivity index (χ2n) is 4.84. The molecule has 0 radical (unpaired) electrons. The van der Waals surface area contributed by atoms with Gasteiger partial charge in [0.05, 0.1) is 0 Å². The normalized spacial score (nSPS) is 10.2. The number of rotatable bonds is 6. The van der Waals surface area contributed by atoms with Gasteiger partial charge in [-0.1, -0.05) is 108 Å². The van der Waals surface area contributed by atoms with Crippen LogP contribution >= 0.6 is 0 Å². The van der Waals surface area contributed by atoms with Crippen LogP contribution in [-0.4, -0.2) is 0 Å². The molecule has 0 amide bonds. The fraction of sp³-hybridized carbons (Fsp3) is 1.00. The van der Waals surface area contributed by atoms with Gasteiger partial charge in [0.1, 0.15) is 0 Å². The molecule has 0 heteroatoms. The molecule has 0 nitrogen and oxygen atoms in total. The van der Waals surface area contributed by atoms with Crippen molar-refractivity contribution in [1.82, 2.24) is 0 Å². The molecular weight excluding hydrogens is 216 g/mol. The van der Waals surface area contributed by atoms with Crippen molar-refractivity contribution in [1.29, 1.82) is 0 Å². The quantitative estimate of drug-likeness (QED) is 0.458. The Morgan fingerprint density at radius 3 is 1.28 bits per heavy atom. The third-order valence-corrected chi connectivity index (χ3v) is 2.65. The topological polar surface area (TPSA) is 0 Å². The van der Waals surface area contributed by atoms with E-state index in [4.69, 9.17) is 0 Å². The maximum absolute atomic E-state index is 2.36. The molecule has 0 saturated heterocycles. The molecule has 0 fully saturated rings. The molecule has 0 aliphatic carbocycles. The van der Waals surface area contributed by atoms with Crippen LogP contribution in [0.2, 0.25) is 0 Å². The van der Waals surface area contributed by atoms with E-state index in [1.807, 2.05) is 27.7 Å². The molecule has 1 unspecified atom stereocenters. The minimum absolute atomic E-state index is 0.884. The summed E-state index contributed by atoms with van der Waals surface area (Å²) in [6, 6.07) is 0. The van der Waals surface area contributed by atoms with Gasteiger partial charge < -0.3 is 0 Å². The van der Waals surface area contributed by atoms with Crippen molar-refractivity contribution in [3.8, 4) is 0 Å². The number of hydrogen-bond acceptors (Lipinski definition) is 0. The molecule has 0 aromatic carbocycles. The van der Waals surface area contributed by atoms with Crippen molar-refractivity contribution in [3.05, 3.63) is 0 Å². The van der Waals surface area contributed by atoms with Crippen LogP contribution in [-0.2, 0) is 0 Å². The van der Waals surface area contributed by atoms with E-state index < -0.39 is 0 Å². The first kappa shape index (κ1) is 26.5. The van der Waals surface area contributed by atoms with Crippen LogP contribution < -0.4 is 0 Å². The molecule has 0 aromatic heterocycles. The lowest BCUT2D eigenvalue weighted by Crippen LogP contribution is -1.92. The first-order chi connectivity index (χ1) is 8.58. The van der Waals surface area contributed by atoms with Gasteiger partial charge in [0.25, 0.3) is 0 Å². The highest BCUT2D eigenvalue weighted by Crippen LogP contribution is 2.12. The predicted octanol–water partition coefficient (Wildman–Crippen LogP) is 7.72. The lowest BCUT2D eigenvalue weighted by atomic mass is 10.00. The first-order valence-corrected chi connectivity index (χ1v) is 8.58. The molecule has 0 bridgehead atoms.